The standard InChI is InChI=1S/C32H33N3O2/c1-31(2)15-23-16-32(3,18-31)19-35(23)20-34-30-26(17-33)28(22-9-12-24(36-4)13-10-22)29-25-8-6-5-7-21(25)11-14-27(29)37-30/h5-14,20,23,28H,15-16,18-19H2,1-4H3. The summed E-state index contributed by atoms with van der Waals surface area (Å²) in [4.78, 5) is 7.23. The number of fused-ring (bicyclic) bond motifs is 5. The van der Waals surface area contributed by atoms with Gasteiger partial charge in [-0.3, -0.25) is 0 Å². The van der Waals surface area contributed by atoms with Gasteiger partial charge in [0, 0.05) is 18.2 Å². The highest BCUT2D eigenvalue weighted by Crippen LogP contribution is 2.52. The Morgan fingerprint density at radius 2 is 1.84 bits per heavy atom. The van der Waals surface area contributed by atoms with Crippen LogP contribution in [0.25, 0.3) is 10.8 Å². The molecule has 37 heavy (non-hydrogen) atoms. The number of benzene rings is 3. The van der Waals surface area contributed by atoms with Crippen molar-refractivity contribution >= 4 is 17.1 Å². The molecule has 3 unspecified atom stereocenters. The minimum atomic E-state index is -0.285. The summed E-state index contributed by atoms with van der Waals surface area (Å²) in [5.41, 5.74) is 3.18. The third-order valence-electron chi connectivity index (χ3n) is 8.29. The van der Waals surface area contributed by atoms with Crippen molar-refractivity contribution in [3.63, 3.8) is 0 Å². The number of allylic oxidation sites excluding steroid dienone is 1. The normalized spacial score (nSPS) is 26.2. The molecule has 3 aromatic rings. The Morgan fingerprint density at radius 1 is 1.05 bits per heavy atom. The summed E-state index contributed by atoms with van der Waals surface area (Å²) in [5.74, 6) is 1.63. The third kappa shape index (κ3) is 4.15. The van der Waals surface area contributed by atoms with Gasteiger partial charge >= 0.3 is 0 Å². The molecule has 3 atom stereocenters. The Labute approximate surface area is 219 Å². The van der Waals surface area contributed by atoms with Gasteiger partial charge in [-0.25, -0.2) is 4.99 Å². The fourth-order valence-corrected chi connectivity index (χ4v) is 7.19. The highest BCUT2D eigenvalue weighted by molar-refractivity contribution is 5.90. The molecular weight excluding hydrogens is 458 g/mol. The predicted molar refractivity (Wildman–Crippen MR) is 147 cm³/mol. The van der Waals surface area contributed by atoms with Gasteiger partial charge in [-0.1, -0.05) is 63.2 Å². The number of hydrogen-bond donors (Lipinski definition) is 0. The van der Waals surface area contributed by atoms with E-state index in [1.165, 1.54) is 12.8 Å². The summed E-state index contributed by atoms with van der Waals surface area (Å²) < 4.78 is 11.8. The summed E-state index contributed by atoms with van der Waals surface area (Å²) in [6.07, 6.45) is 5.50. The minimum Gasteiger partial charge on any atom is -0.497 e. The minimum absolute atomic E-state index is 0.285. The number of hydrogen-bond acceptors (Lipinski definition) is 4. The molecule has 2 heterocycles. The number of rotatable bonds is 4. The molecule has 0 amide bonds. The first-order valence-corrected chi connectivity index (χ1v) is 13.1. The molecule has 0 radical (unpaired) electrons. The van der Waals surface area contributed by atoms with E-state index >= 15 is 0 Å². The summed E-state index contributed by atoms with van der Waals surface area (Å²) in [6, 6.07) is 23.2. The lowest BCUT2D eigenvalue weighted by Crippen LogP contribution is -2.34. The molecule has 1 saturated carbocycles. The van der Waals surface area contributed by atoms with Crippen molar-refractivity contribution in [2.45, 2.75) is 52.0 Å². The Kier molecular flexibility index (Phi) is 5.53. The molecule has 1 aliphatic carbocycles. The summed E-state index contributed by atoms with van der Waals surface area (Å²) in [7, 11) is 1.66. The number of ether oxygens (including phenoxy) is 2. The van der Waals surface area contributed by atoms with Gasteiger partial charge in [-0.2, -0.15) is 5.26 Å². The highest BCUT2D eigenvalue weighted by Gasteiger charge is 2.49. The van der Waals surface area contributed by atoms with Crippen LogP contribution in [0.5, 0.6) is 11.5 Å². The van der Waals surface area contributed by atoms with E-state index < -0.39 is 0 Å². The zero-order valence-corrected chi connectivity index (χ0v) is 22.0. The molecule has 3 aliphatic rings. The maximum Gasteiger partial charge on any atom is 0.235 e. The first-order valence-electron chi connectivity index (χ1n) is 13.1. The second-order valence-corrected chi connectivity index (χ2v) is 12.0. The van der Waals surface area contributed by atoms with E-state index in [0.29, 0.717) is 28.3 Å². The Hall–Kier alpha value is -3.78. The molecule has 0 N–H and O–H groups in total. The van der Waals surface area contributed by atoms with Crippen molar-refractivity contribution in [2.75, 3.05) is 13.7 Å². The van der Waals surface area contributed by atoms with Crippen LogP contribution in [0.2, 0.25) is 0 Å². The van der Waals surface area contributed by atoms with E-state index in [2.05, 4.69) is 49.9 Å². The second-order valence-electron chi connectivity index (χ2n) is 12.0. The monoisotopic (exact) mass is 491 g/mol. The molecule has 1 saturated heterocycles. The molecule has 6 rings (SSSR count). The fraction of sp³-hybridized carbons (Fsp3) is 0.375. The zero-order valence-electron chi connectivity index (χ0n) is 22.0. The van der Waals surface area contributed by atoms with Crippen LogP contribution in [0.4, 0.5) is 0 Å². The van der Waals surface area contributed by atoms with Crippen LogP contribution in [0, 0.1) is 22.2 Å². The highest BCUT2D eigenvalue weighted by atomic mass is 16.5. The predicted octanol–water partition coefficient (Wildman–Crippen LogP) is 7.04. The smallest absolute Gasteiger partial charge is 0.235 e. The number of likely N-dealkylation sites (tertiary alicyclic amines) is 1. The van der Waals surface area contributed by atoms with Gasteiger partial charge < -0.3 is 14.4 Å². The fourth-order valence-electron chi connectivity index (χ4n) is 7.19. The lowest BCUT2D eigenvalue weighted by atomic mass is 9.65. The summed E-state index contributed by atoms with van der Waals surface area (Å²) in [6.45, 7) is 8.13. The van der Waals surface area contributed by atoms with Gasteiger partial charge in [-0.15, -0.1) is 0 Å². The van der Waals surface area contributed by atoms with Crippen molar-refractivity contribution in [3.8, 4) is 17.6 Å². The van der Waals surface area contributed by atoms with Gasteiger partial charge in [-0.05, 0) is 64.6 Å². The topological polar surface area (TPSA) is 57.8 Å². The number of nitrogens with zero attached hydrogens (tertiary/aromatic N) is 3. The second kappa shape index (κ2) is 8.66. The zero-order chi connectivity index (χ0) is 25.8. The van der Waals surface area contributed by atoms with Gasteiger partial charge in [0.05, 0.1) is 19.4 Å². The lowest BCUT2D eigenvalue weighted by molar-refractivity contribution is 0.133. The van der Waals surface area contributed by atoms with E-state index in [4.69, 9.17) is 14.5 Å². The number of methoxy groups -OCH3 is 1. The molecule has 5 heteroatoms. The molecule has 2 fully saturated rings. The van der Waals surface area contributed by atoms with Crippen LogP contribution in [-0.4, -0.2) is 30.9 Å². The van der Waals surface area contributed by atoms with Gasteiger partial charge in [0.15, 0.2) is 0 Å². The Balaban J connectivity index is 1.45. The SMILES string of the molecule is COc1ccc(C2C(C#N)=C(N=CN3CC4(C)CC3CC(C)(C)C4)Oc3ccc4ccccc4c32)cc1. The van der Waals surface area contributed by atoms with Crippen molar-refractivity contribution in [2.24, 2.45) is 15.8 Å². The molecule has 2 aliphatic heterocycles. The lowest BCUT2D eigenvalue weighted by Gasteiger charge is -2.39. The average molecular weight is 492 g/mol. The van der Waals surface area contributed by atoms with Gasteiger partial charge in [0.25, 0.3) is 0 Å². The van der Waals surface area contributed by atoms with Gasteiger partial charge in [0.1, 0.15) is 23.1 Å². The van der Waals surface area contributed by atoms with E-state index in [1.807, 2.05) is 48.8 Å². The molecule has 2 bridgehead atoms. The molecule has 0 spiro atoms. The Bertz CT molecular complexity index is 1460. The van der Waals surface area contributed by atoms with Crippen molar-refractivity contribution in [1.82, 2.24) is 4.90 Å². The van der Waals surface area contributed by atoms with E-state index in [-0.39, 0.29) is 5.92 Å². The van der Waals surface area contributed by atoms with Gasteiger partial charge in [0.2, 0.25) is 5.88 Å². The maximum absolute atomic E-state index is 10.4. The first-order chi connectivity index (χ1) is 17.8. The van der Waals surface area contributed by atoms with Crippen LogP contribution in [-0.2, 0) is 0 Å². The van der Waals surface area contributed by atoms with E-state index in [1.54, 1.807) is 7.11 Å². The van der Waals surface area contributed by atoms with E-state index in [9.17, 15) is 5.26 Å². The third-order valence-corrected chi connectivity index (χ3v) is 8.29. The maximum atomic E-state index is 10.4. The number of aliphatic imine (C=N–C) groups is 1. The molecule has 3 aromatic carbocycles. The largest absolute Gasteiger partial charge is 0.497 e. The molecule has 188 valence electrons. The summed E-state index contributed by atoms with van der Waals surface area (Å²) >= 11 is 0. The quantitative estimate of drug-likeness (QED) is 0.290. The van der Waals surface area contributed by atoms with Crippen LogP contribution < -0.4 is 9.47 Å². The van der Waals surface area contributed by atoms with Crippen molar-refractivity contribution in [3.05, 3.63) is 83.2 Å². The summed E-state index contributed by atoms with van der Waals surface area (Å²) in [5, 5.41) is 12.6. The Morgan fingerprint density at radius 3 is 2.59 bits per heavy atom. The molecule has 0 aromatic heterocycles. The van der Waals surface area contributed by atoms with Crippen LogP contribution in [0.3, 0.4) is 0 Å². The average Bonchev–Trinajstić information content (AvgIpc) is 3.13. The van der Waals surface area contributed by atoms with Crippen LogP contribution in [0.1, 0.15) is 57.1 Å². The first kappa shape index (κ1) is 23.6. The van der Waals surface area contributed by atoms with E-state index in [0.717, 1.165) is 46.4 Å². The number of nitriles is 1. The molecular formula is C32H33N3O2. The van der Waals surface area contributed by atoms with Crippen LogP contribution >= 0.6 is 0 Å². The van der Waals surface area contributed by atoms with Crippen LogP contribution in [0.15, 0.2) is 77.1 Å². The van der Waals surface area contributed by atoms with Crippen molar-refractivity contribution < 1.29 is 9.47 Å². The van der Waals surface area contributed by atoms with Crippen molar-refractivity contribution in [1.29, 1.82) is 5.26 Å². The molecule has 5 nitrogen and oxygen atoms in total.